The summed E-state index contributed by atoms with van der Waals surface area (Å²) in [4.78, 5) is 29.0. The SMILES string of the molecule is CCOC(=O)[C@@]1(c2cccs2)C(=O)c2cccc3c2N1CCC3. The molecule has 0 amide bonds. The maximum atomic E-state index is 13.3. The molecule has 0 saturated carbocycles. The Balaban J connectivity index is 1.99. The highest BCUT2D eigenvalue weighted by Gasteiger charge is 2.60. The van der Waals surface area contributed by atoms with E-state index in [9.17, 15) is 9.59 Å². The van der Waals surface area contributed by atoms with Gasteiger partial charge in [0.05, 0.1) is 12.3 Å². The zero-order valence-electron chi connectivity index (χ0n) is 12.9. The van der Waals surface area contributed by atoms with E-state index < -0.39 is 11.5 Å². The maximum absolute atomic E-state index is 13.3. The second-order valence-electron chi connectivity index (χ2n) is 5.81. The lowest BCUT2D eigenvalue weighted by atomic mass is 9.90. The Morgan fingerprint density at radius 3 is 2.96 bits per heavy atom. The van der Waals surface area contributed by atoms with Gasteiger partial charge in [0, 0.05) is 17.0 Å². The number of ether oxygens (including phenoxy) is 1. The average molecular weight is 327 g/mol. The molecule has 3 heterocycles. The molecule has 0 N–H and O–H groups in total. The van der Waals surface area contributed by atoms with E-state index in [1.165, 1.54) is 11.3 Å². The van der Waals surface area contributed by atoms with Gasteiger partial charge < -0.3 is 9.64 Å². The molecule has 0 radical (unpaired) electrons. The van der Waals surface area contributed by atoms with E-state index in [-0.39, 0.29) is 12.4 Å². The van der Waals surface area contributed by atoms with Crippen LogP contribution < -0.4 is 4.90 Å². The quantitative estimate of drug-likeness (QED) is 0.642. The van der Waals surface area contributed by atoms with E-state index in [0.717, 1.165) is 29.0 Å². The lowest BCUT2D eigenvalue weighted by molar-refractivity contribution is -0.147. The monoisotopic (exact) mass is 327 g/mol. The Morgan fingerprint density at radius 2 is 2.22 bits per heavy atom. The first-order valence-electron chi connectivity index (χ1n) is 7.86. The van der Waals surface area contributed by atoms with E-state index in [0.29, 0.717) is 12.1 Å². The molecule has 1 aromatic carbocycles. The topological polar surface area (TPSA) is 46.6 Å². The number of esters is 1. The molecule has 4 rings (SSSR count). The van der Waals surface area contributed by atoms with Gasteiger partial charge in [-0.3, -0.25) is 4.79 Å². The molecule has 4 nitrogen and oxygen atoms in total. The van der Waals surface area contributed by atoms with Gasteiger partial charge in [0.15, 0.2) is 0 Å². The number of benzene rings is 1. The summed E-state index contributed by atoms with van der Waals surface area (Å²) in [5.41, 5.74) is 1.36. The molecule has 5 heteroatoms. The number of hydrogen-bond acceptors (Lipinski definition) is 5. The fourth-order valence-electron chi connectivity index (χ4n) is 3.76. The number of rotatable bonds is 3. The minimum absolute atomic E-state index is 0.155. The van der Waals surface area contributed by atoms with Gasteiger partial charge in [-0.2, -0.15) is 0 Å². The van der Waals surface area contributed by atoms with Crippen LogP contribution in [-0.4, -0.2) is 24.9 Å². The number of Topliss-reactive ketones (excluding diaryl/α,β-unsaturated/α-hetero) is 1. The molecule has 2 aliphatic rings. The second-order valence-corrected chi connectivity index (χ2v) is 6.75. The van der Waals surface area contributed by atoms with E-state index in [1.54, 1.807) is 6.92 Å². The number of carbonyl (C=O) groups is 2. The molecule has 1 aromatic heterocycles. The molecule has 0 spiro atoms. The Morgan fingerprint density at radius 1 is 1.35 bits per heavy atom. The number of para-hydroxylation sites is 1. The van der Waals surface area contributed by atoms with Gasteiger partial charge in [-0.25, -0.2) is 4.79 Å². The van der Waals surface area contributed by atoms with E-state index in [2.05, 4.69) is 0 Å². The molecule has 0 saturated heterocycles. The predicted octanol–water partition coefficient (Wildman–Crippen LogP) is 3.16. The van der Waals surface area contributed by atoms with Gasteiger partial charge in [0.25, 0.3) is 0 Å². The largest absolute Gasteiger partial charge is 0.464 e. The highest BCUT2D eigenvalue weighted by atomic mass is 32.1. The van der Waals surface area contributed by atoms with Crippen LogP contribution >= 0.6 is 11.3 Å². The summed E-state index contributed by atoms with van der Waals surface area (Å²) in [5.74, 6) is -0.617. The molecule has 2 aliphatic heterocycles. The fourth-order valence-corrected chi connectivity index (χ4v) is 4.67. The van der Waals surface area contributed by atoms with Crippen molar-refractivity contribution >= 4 is 28.8 Å². The lowest BCUT2D eigenvalue weighted by Crippen LogP contribution is -2.55. The van der Waals surface area contributed by atoms with Gasteiger partial charge in [-0.15, -0.1) is 11.3 Å². The van der Waals surface area contributed by atoms with Gasteiger partial charge >= 0.3 is 5.97 Å². The van der Waals surface area contributed by atoms with Crippen LogP contribution in [0.3, 0.4) is 0 Å². The summed E-state index contributed by atoms with van der Waals surface area (Å²) in [5, 5.41) is 1.90. The Hall–Kier alpha value is -2.14. The van der Waals surface area contributed by atoms with Crippen molar-refractivity contribution in [2.45, 2.75) is 25.3 Å². The summed E-state index contributed by atoms with van der Waals surface area (Å²) in [6.07, 6.45) is 1.87. The molecule has 23 heavy (non-hydrogen) atoms. The third-order valence-electron chi connectivity index (χ3n) is 4.64. The van der Waals surface area contributed by atoms with Crippen molar-refractivity contribution < 1.29 is 14.3 Å². The minimum Gasteiger partial charge on any atom is -0.464 e. The molecule has 1 atom stereocenters. The van der Waals surface area contributed by atoms with Crippen LogP contribution in [0.15, 0.2) is 35.7 Å². The molecule has 2 aromatic rings. The summed E-state index contributed by atoms with van der Waals surface area (Å²) >= 11 is 1.43. The van der Waals surface area contributed by atoms with Crippen LogP contribution in [0.1, 0.15) is 34.1 Å². The Kier molecular flexibility index (Phi) is 3.27. The van der Waals surface area contributed by atoms with Crippen LogP contribution in [-0.2, 0) is 21.5 Å². The molecule has 0 unspecified atom stereocenters. The van der Waals surface area contributed by atoms with Crippen LogP contribution in [0, 0.1) is 0 Å². The zero-order valence-corrected chi connectivity index (χ0v) is 13.7. The number of hydrogen-bond donors (Lipinski definition) is 0. The Bertz CT molecular complexity index is 784. The van der Waals surface area contributed by atoms with E-state index in [1.807, 2.05) is 40.6 Å². The van der Waals surface area contributed by atoms with E-state index in [4.69, 9.17) is 4.74 Å². The minimum atomic E-state index is -1.34. The van der Waals surface area contributed by atoms with Crippen molar-refractivity contribution in [1.29, 1.82) is 0 Å². The van der Waals surface area contributed by atoms with Crippen molar-refractivity contribution in [1.82, 2.24) is 0 Å². The first-order valence-corrected chi connectivity index (χ1v) is 8.74. The number of nitrogens with zero attached hydrogens (tertiary/aromatic N) is 1. The number of aryl methyl sites for hydroxylation is 1. The van der Waals surface area contributed by atoms with Crippen LogP contribution in [0.25, 0.3) is 0 Å². The van der Waals surface area contributed by atoms with Gasteiger partial charge in [-0.1, -0.05) is 18.2 Å². The van der Waals surface area contributed by atoms with Crippen molar-refractivity contribution in [3.8, 4) is 0 Å². The number of thiophene rings is 1. The number of ketones is 1. The molecule has 0 bridgehead atoms. The van der Waals surface area contributed by atoms with Crippen LogP contribution in [0.5, 0.6) is 0 Å². The van der Waals surface area contributed by atoms with Crippen molar-refractivity contribution in [3.63, 3.8) is 0 Å². The first kappa shape index (κ1) is 14.5. The second kappa shape index (κ2) is 5.20. The van der Waals surface area contributed by atoms with Crippen LogP contribution in [0.2, 0.25) is 0 Å². The zero-order chi connectivity index (χ0) is 16.0. The molecular formula is C18H17NO3S. The molecule has 0 aliphatic carbocycles. The Labute approximate surface area is 138 Å². The average Bonchev–Trinajstić information content (AvgIpc) is 3.17. The third kappa shape index (κ3) is 1.77. The smallest absolute Gasteiger partial charge is 0.345 e. The highest BCUT2D eigenvalue weighted by Crippen LogP contribution is 2.50. The van der Waals surface area contributed by atoms with Crippen molar-refractivity contribution in [3.05, 3.63) is 51.7 Å². The molecule has 0 fully saturated rings. The maximum Gasteiger partial charge on any atom is 0.345 e. The van der Waals surface area contributed by atoms with Gasteiger partial charge in [-0.05, 0) is 42.8 Å². The first-order chi connectivity index (χ1) is 11.2. The standard InChI is InChI=1S/C18H17NO3S/c1-2-22-17(21)18(14-9-5-11-23-14)16(20)13-8-3-6-12-7-4-10-19(18)15(12)13/h3,5-6,8-9,11H,2,4,7,10H2,1H3/t18-/m1/s1. The lowest BCUT2D eigenvalue weighted by Gasteiger charge is -2.38. The summed E-state index contributed by atoms with van der Waals surface area (Å²) < 4.78 is 5.36. The van der Waals surface area contributed by atoms with Gasteiger partial charge in [0.2, 0.25) is 11.3 Å². The highest BCUT2D eigenvalue weighted by molar-refractivity contribution is 7.10. The normalized spacial score (nSPS) is 22.1. The van der Waals surface area contributed by atoms with Crippen molar-refractivity contribution in [2.75, 3.05) is 18.1 Å². The summed E-state index contributed by atoms with van der Waals surface area (Å²) in [6, 6.07) is 9.52. The molecule has 118 valence electrons. The molecular weight excluding hydrogens is 310 g/mol. The fraction of sp³-hybridized carbons (Fsp3) is 0.333. The van der Waals surface area contributed by atoms with Crippen LogP contribution in [0.4, 0.5) is 5.69 Å². The summed E-state index contributed by atoms with van der Waals surface area (Å²) in [6.45, 7) is 2.72. The van der Waals surface area contributed by atoms with Crippen molar-refractivity contribution in [2.24, 2.45) is 0 Å². The van der Waals surface area contributed by atoms with E-state index >= 15 is 0 Å². The predicted molar refractivity (Wildman–Crippen MR) is 89.1 cm³/mol. The third-order valence-corrected chi connectivity index (χ3v) is 5.62. The number of anilines is 1. The number of carbonyl (C=O) groups excluding carboxylic acids is 2. The summed E-state index contributed by atoms with van der Waals surface area (Å²) in [7, 11) is 0. The van der Waals surface area contributed by atoms with Gasteiger partial charge in [0.1, 0.15) is 0 Å².